The monoisotopic (exact) mass is 295 g/mol. The largest absolute Gasteiger partial charge is 0.389 e. The summed E-state index contributed by atoms with van der Waals surface area (Å²) in [6.45, 7) is 2.31. The Kier molecular flexibility index (Phi) is 6.20. The first-order chi connectivity index (χ1) is 9.74. The summed E-state index contributed by atoms with van der Waals surface area (Å²) in [4.78, 5) is 1.18. The molecule has 0 fully saturated rings. The molecular formula is C14H21N3O2S. The van der Waals surface area contributed by atoms with E-state index in [9.17, 15) is 5.11 Å². The average molecular weight is 295 g/mol. The van der Waals surface area contributed by atoms with Crippen molar-refractivity contribution in [1.29, 1.82) is 0 Å². The van der Waals surface area contributed by atoms with E-state index in [0.29, 0.717) is 19.8 Å². The van der Waals surface area contributed by atoms with Crippen LogP contribution in [0, 0.1) is 0 Å². The van der Waals surface area contributed by atoms with Crippen LogP contribution in [0.1, 0.15) is 10.4 Å². The van der Waals surface area contributed by atoms with E-state index in [2.05, 4.69) is 10.4 Å². The minimum absolute atomic E-state index is 0.359. The summed E-state index contributed by atoms with van der Waals surface area (Å²) in [6.07, 6.45) is 4.31. The molecule has 5 nitrogen and oxygen atoms in total. The minimum atomic E-state index is -0.469. The smallest absolute Gasteiger partial charge is 0.0897 e. The summed E-state index contributed by atoms with van der Waals surface area (Å²) in [5, 5.41) is 19.1. The number of aryl methyl sites for hydroxylation is 1. The number of ether oxygens (including phenoxy) is 1. The van der Waals surface area contributed by atoms with Crippen molar-refractivity contribution >= 4 is 11.3 Å². The lowest BCUT2D eigenvalue weighted by atomic mass is 10.2. The van der Waals surface area contributed by atoms with Gasteiger partial charge in [0.1, 0.15) is 0 Å². The van der Waals surface area contributed by atoms with E-state index in [1.165, 1.54) is 10.4 Å². The van der Waals surface area contributed by atoms with Crippen LogP contribution in [0.15, 0.2) is 29.9 Å². The van der Waals surface area contributed by atoms with E-state index >= 15 is 0 Å². The molecule has 2 rings (SSSR count). The van der Waals surface area contributed by atoms with Gasteiger partial charge in [-0.3, -0.25) is 4.68 Å². The number of thiophene rings is 1. The highest BCUT2D eigenvalue weighted by Gasteiger charge is 2.04. The molecule has 20 heavy (non-hydrogen) atoms. The summed E-state index contributed by atoms with van der Waals surface area (Å²) in [6, 6.07) is 4.03. The summed E-state index contributed by atoms with van der Waals surface area (Å²) in [7, 11) is 1.91. The number of rotatable bonds is 9. The molecule has 1 atom stereocenters. The van der Waals surface area contributed by atoms with Crippen LogP contribution >= 0.6 is 11.3 Å². The van der Waals surface area contributed by atoms with E-state index in [1.807, 2.05) is 37.0 Å². The molecule has 6 heteroatoms. The number of nitrogens with one attached hydrogen (secondary N) is 1. The van der Waals surface area contributed by atoms with Crippen LogP contribution in [0.2, 0.25) is 0 Å². The minimum Gasteiger partial charge on any atom is -0.389 e. The van der Waals surface area contributed by atoms with E-state index in [1.54, 1.807) is 16.0 Å². The molecule has 0 aromatic carbocycles. The van der Waals surface area contributed by atoms with Gasteiger partial charge in [0, 0.05) is 24.7 Å². The standard InChI is InChI=1S/C14H21N3O2S/c1-17-9-12(7-16-17)4-5-15-8-13(18)10-19-11-14-3-2-6-20-14/h2-3,6-7,9,13,15,18H,4-5,8,10-11H2,1H3. The van der Waals surface area contributed by atoms with Gasteiger partial charge in [-0.25, -0.2) is 0 Å². The third-order valence-electron chi connectivity index (χ3n) is 2.86. The van der Waals surface area contributed by atoms with Gasteiger partial charge in [-0.2, -0.15) is 5.10 Å². The molecule has 0 amide bonds. The third kappa shape index (κ3) is 5.42. The molecule has 2 aromatic heterocycles. The molecule has 0 bridgehead atoms. The lowest BCUT2D eigenvalue weighted by Gasteiger charge is -2.11. The van der Waals surface area contributed by atoms with E-state index in [4.69, 9.17) is 4.74 Å². The fourth-order valence-corrected chi connectivity index (χ4v) is 2.49. The number of hydrogen-bond donors (Lipinski definition) is 2. The van der Waals surface area contributed by atoms with Crippen molar-refractivity contribution in [3.8, 4) is 0 Å². The molecule has 2 heterocycles. The van der Waals surface area contributed by atoms with Gasteiger partial charge >= 0.3 is 0 Å². The van der Waals surface area contributed by atoms with E-state index in [-0.39, 0.29) is 0 Å². The first kappa shape index (κ1) is 15.2. The van der Waals surface area contributed by atoms with E-state index in [0.717, 1.165) is 13.0 Å². The molecular weight excluding hydrogens is 274 g/mol. The normalized spacial score (nSPS) is 12.7. The zero-order valence-electron chi connectivity index (χ0n) is 11.7. The summed E-state index contributed by atoms with van der Waals surface area (Å²) in [5.74, 6) is 0. The summed E-state index contributed by atoms with van der Waals surface area (Å²) in [5.41, 5.74) is 1.20. The first-order valence-corrected chi connectivity index (χ1v) is 7.58. The molecule has 0 radical (unpaired) electrons. The number of aromatic nitrogens is 2. The van der Waals surface area contributed by atoms with Gasteiger partial charge in [0.25, 0.3) is 0 Å². The lowest BCUT2D eigenvalue weighted by Crippen LogP contribution is -2.31. The van der Waals surface area contributed by atoms with Gasteiger partial charge in [-0.15, -0.1) is 11.3 Å². The quantitative estimate of drug-likeness (QED) is 0.682. The molecule has 0 aliphatic heterocycles. The Bertz CT molecular complexity index is 484. The lowest BCUT2D eigenvalue weighted by molar-refractivity contribution is 0.0300. The van der Waals surface area contributed by atoms with Crippen molar-refractivity contribution in [3.63, 3.8) is 0 Å². The zero-order chi connectivity index (χ0) is 14.2. The summed E-state index contributed by atoms with van der Waals surface area (Å²) >= 11 is 1.67. The Morgan fingerprint density at radius 3 is 3.15 bits per heavy atom. The van der Waals surface area contributed by atoms with Crippen molar-refractivity contribution < 1.29 is 9.84 Å². The van der Waals surface area contributed by atoms with Crippen LogP contribution in [0.25, 0.3) is 0 Å². The Hall–Kier alpha value is -1.21. The molecule has 0 saturated heterocycles. The van der Waals surface area contributed by atoms with Gasteiger partial charge in [-0.1, -0.05) is 6.07 Å². The van der Waals surface area contributed by atoms with Crippen LogP contribution < -0.4 is 5.32 Å². The topological polar surface area (TPSA) is 59.3 Å². The van der Waals surface area contributed by atoms with Crippen LogP contribution in [0.4, 0.5) is 0 Å². The summed E-state index contributed by atoms with van der Waals surface area (Å²) < 4.78 is 7.26. The first-order valence-electron chi connectivity index (χ1n) is 6.70. The van der Waals surface area contributed by atoms with Gasteiger partial charge in [0.2, 0.25) is 0 Å². The second kappa shape index (κ2) is 8.16. The predicted octanol–water partition coefficient (Wildman–Crippen LogP) is 1.19. The van der Waals surface area contributed by atoms with Crippen LogP contribution in [-0.2, 0) is 24.8 Å². The van der Waals surface area contributed by atoms with Crippen molar-refractivity contribution in [2.24, 2.45) is 7.05 Å². The van der Waals surface area contributed by atoms with Crippen LogP contribution in [-0.4, -0.2) is 40.7 Å². The maximum atomic E-state index is 9.78. The maximum absolute atomic E-state index is 9.78. The highest BCUT2D eigenvalue weighted by Crippen LogP contribution is 2.09. The van der Waals surface area contributed by atoms with Crippen molar-refractivity contribution in [2.75, 3.05) is 19.7 Å². The average Bonchev–Trinajstić information content (AvgIpc) is 3.06. The molecule has 110 valence electrons. The molecule has 0 aliphatic carbocycles. The molecule has 1 unspecified atom stereocenters. The Morgan fingerprint density at radius 2 is 2.45 bits per heavy atom. The molecule has 0 aliphatic rings. The number of aliphatic hydroxyl groups is 1. The van der Waals surface area contributed by atoms with Crippen LogP contribution in [0.3, 0.4) is 0 Å². The zero-order valence-corrected chi connectivity index (χ0v) is 12.5. The van der Waals surface area contributed by atoms with Gasteiger partial charge < -0.3 is 15.2 Å². The second-order valence-corrected chi connectivity index (χ2v) is 5.76. The molecule has 2 aromatic rings. The van der Waals surface area contributed by atoms with Crippen LogP contribution in [0.5, 0.6) is 0 Å². The maximum Gasteiger partial charge on any atom is 0.0897 e. The SMILES string of the molecule is Cn1cc(CCNCC(O)COCc2cccs2)cn1. The Labute approximate surface area is 123 Å². The predicted molar refractivity (Wildman–Crippen MR) is 79.8 cm³/mol. The van der Waals surface area contributed by atoms with Crippen molar-refractivity contribution in [3.05, 3.63) is 40.3 Å². The Balaban J connectivity index is 1.50. The highest BCUT2D eigenvalue weighted by atomic mass is 32.1. The van der Waals surface area contributed by atoms with Gasteiger partial charge in [-0.05, 0) is 30.0 Å². The molecule has 0 spiro atoms. The molecule has 0 saturated carbocycles. The Morgan fingerprint density at radius 1 is 1.55 bits per heavy atom. The molecule has 2 N–H and O–H groups in total. The number of hydrogen-bond acceptors (Lipinski definition) is 5. The number of aliphatic hydroxyl groups excluding tert-OH is 1. The van der Waals surface area contributed by atoms with E-state index < -0.39 is 6.10 Å². The van der Waals surface area contributed by atoms with Gasteiger partial charge in [0.05, 0.1) is 25.5 Å². The fraction of sp³-hybridized carbons (Fsp3) is 0.500. The fourth-order valence-electron chi connectivity index (χ4n) is 1.85. The third-order valence-corrected chi connectivity index (χ3v) is 3.71. The van der Waals surface area contributed by atoms with Gasteiger partial charge in [0.15, 0.2) is 0 Å². The second-order valence-electron chi connectivity index (χ2n) is 4.72. The number of nitrogens with zero attached hydrogens (tertiary/aromatic N) is 2. The van der Waals surface area contributed by atoms with Crippen molar-refractivity contribution in [1.82, 2.24) is 15.1 Å². The van der Waals surface area contributed by atoms with Crippen molar-refractivity contribution in [2.45, 2.75) is 19.1 Å². The highest BCUT2D eigenvalue weighted by molar-refractivity contribution is 7.09.